The van der Waals surface area contributed by atoms with Gasteiger partial charge in [-0.3, -0.25) is 0 Å². The van der Waals surface area contributed by atoms with Gasteiger partial charge in [0.25, 0.3) is 11.8 Å². The van der Waals surface area contributed by atoms with E-state index in [-0.39, 0.29) is 17.1 Å². The Morgan fingerprint density at radius 3 is 2.30 bits per heavy atom. The summed E-state index contributed by atoms with van der Waals surface area (Å²) in [7, 11) is 5.13. The second kappa shape index (κ2) is 8.66. The lowest BCUT2D eigenvalue weighted by Gasteiger charge is -2.17. The van der Waals surface area contributed by atoms with Crippen molar-refractivity contribution >= 4 is 5.69 Å². The number of pyridine rings is 1. The smallest absolute Gasteiger partial charge is 0.259 e. The standard InChI is InChI=1S/C22H19F2N3O3/c1-13-19(23)21(29-16-7-5-6-14(10-16)12-25)26-22(20(13)24)30-18-11-15(27(2)3)8-9-17(18)28-4/h5-11H,1-4H3. The highest BCUT2D eigenvalue weighted by Crippen LogP contribution is 2.37. The number of benzene rings is 2. The zero-order chi connectivity index (χ0) is 21.8. The average molecular weight is 411 g/mol. The van der Waals surface area contributed by atoms with Gasteiger partial charge in [-0.25, -0.2) is 8.78 Å². The summed E-state index contributed by atoms with van der Waals surface area (Å²) in [6.45, 7) is 1.26. The Hall–Kier alpha value is -3.86. The van der Waals surface area contributed by atoms with Crippen molar-refractivity contribution in [3.63, 3.8) is 0 Å². The van der Waals surface area contributed by atoms with Gasteiger partial charge in [0.2, 0.25) is 0 Å². The van der Waals surface area contributed by atoms with E-state index in [1.807, 2.05) is 31.1 Å². The van der Waals surface area contributed by atoms with Crippen molar-refractivity contribution in [1.82, 2.24) is 4.98 Å². The number of nitrogens with zero attached hydrogens (tertiary/aromatic N) is 3. The van der Waals surface area contributed by atoms with E-state index >= 15 is 0 Å². The van der Waals surface area contributed by atoms with Crippen LogP contribution in [-0.2, 0) is 0 Å². The maximum Gasteiger partial charge on any atom is 0.259 e. The highest BCUT2D eigenvalue weighted by atomic mass is 19.1. The van der Waals surface area contributed by atoms with Crippen LogP contribution in [0.2, 0.25) is 0 Å². The lowest BCUT2D eigenvalue weighted by atomic mass is 10.2. The summed E-state index contributed by atoms with van der Waals surface area (Å²) in [6.07, 6.45) is 0. The van der Waals surface area contributed by atoms with Crippen LogP contribution in [0.15, 0.2) is 42.5 Å². The van der Waals surface area contributed by atoms with E-state index in [0.29, 0.717) is 11.3 Å². The second-order valence-electron chi connectivity index (χ2n) is 6.55. The molecule has 0 atom stereocenters. The Bertz CT molecular complexity index is 1130. The van der Waals surface area contributed by atoms with Crippen LogP contribution in [0.5, 0.6) is 29.0 Å². The molecule has 2 aromatic carbocycles. The first-order chi connectivity index (χ1) is 14.3. The summed E-state index contributed by atoms with van der Waals surface area (Å²) in [5.41, 5.74) is 0.803. The quantitative estimate of drug-likeness (QED) is 0.555. The van der Waals surface area contributed by atoms with Crippen LogP contribution in [0.25, 0.3) is 0 Å². The van der Waals surface area contributed by atoms with Crippen molar-refractivity contribution in [1.29, 1.82) is 5.26 Å². The van der Waals surface area contributed by atoms with Crippen molar-refractivity contribution in [3.8, 4) is 35.1 Å². The average Bonchev–Trinajstić information content (AvgIpc) is 2.75. The van der Waals surface area contributed by atoms with E-state index in [1.54, 1.807) is 24.3 Å². The highest BCUT2D eigenvalue weighted by molar-refractivity contribution is 5.56. The van der Waals surface area contributed by atoms with Crippen LogP contribution in [0, 0.1) is 29.9 Å². The molecule has 0 fully saturated rings. The molecule has 3 rings (SSSR count). The summed E-state index contributed by atoms with van der Waals surface area (Å²) in [5.74, 6) is -2.11. The Labute approximate surface area is 172 Å². The van der Waals surface area contributed by atoms with Crippen LogP contribution in [0.1, 0.15) is 11.1 Å². The fourth-order valence-corrected chi connectivity index (χ4v) is 2.61. The number of anilines is 1. The first-order valence-corrected chi connectivity index (χ1v) is 8.91. The lowest BCUT2D eigenvalue weighted by Crippen LogP contribution is -2.09. The van der Waals surface area contributed by atoms with Crippen LogP contribution < -0.4 is 19.1 Å². The number of aromatic nitrogens is 1. The molecule has 0 saturated carbocycles. The number of hydrogen-bond acceptors (Lipinski definition) is 6. The zero-order valence-corrected chi connectivity index (χ0v) is 16.9. The van der Waals surface area contributed by atoms with Gasteiger partial charge in [-0.05, 0) is 37.3 Å². The van der Waals surface area contributed by atoms with Crippen molar-refractivity contribution in [2.75, 3.05) is 26.1 Å². The third-order valence-corrected chi connectivity index (χ3v) is 4.28. The minimum Gasteiger partial charge on any atom is -0.493 e. The van der Waals surface area contributed by atoms with Crippen molar-refractivity contribution in [2.45, 2.75) is 6.92 Å². The van der Waals surface area contributed by atoms with E-state index in [1.165, 1.54) is 26.2 Å². The van der Waals surface area contributed by atoms with Gasteiger partial charge in [0, 0.05) is 31.4 Å². The van der Waals surface area contributed by atoms with Gasteiger partial charge in [-0.15, -0.1) is 0 Å². The highest BCUT2D eigenvalue weighted by Gasteiger charge is 2.22. The summed E-state index contributed by atoms with van der Waals surface area (Å²) >= 11 is 0. The molecule has 1 heterocycles. The number of ether oxygens (including phenoxy) is 3. The van der Waals surface area contributed by atoms with E-state index < -0.39 is 23.4 Å². The van der Waals surface area contributed by atoms with Gasteiger partial charge in [0.05, 0.1) is 18.7 Å². The molecule has 0 unspecified atom stereocenters. The van der Waals surface area contributed by atoms with Crippen LogP contribution in [0.4, 0.5) is 14.5 Å². The number of methoxy groups -OCH3 is 1. The van der Waals surface area contributed by atoms with Gasteiger partial charge in [-0.1, -0.05) is 6.07 Å². The molecule has 8 heteroatoms. The summed E-state index contributed by atoms with van der Waals surface area (Å²) in [6, 6.07) is 13.2. The molecule has 0 aliphatic carbocycles. The van der Waals surface area contributed by atoms with Crippen molar-refractivity contribution in [3.05, 3.63) is 65.2 Å². The zero-order valence-electron chi connectivity index (χ0n) is 16.9. The van der Waals surface area contributed by atoms with E-state index in [0.717, 1.165) is 5.69 Å². The minimum atomic E-state index is -0.962. The Balaban J connectivity index is 2.02. The van der Waals surface area contributed by atoms with E-state index in [4.69, 9.17) is 19.5 Å². The predicted molar refractivity (Wildman–Crippen MR) is 108 cm³/mol. The molecule has 6 nitrogen and oxygen atoms in total. The molecule has 0 N–H and O–H groups in total. The fraction of sp³-hybridized carbons (Fsp3) is 0.182. The third-order valence-electron chi connectivity index (χ3n) is 4.28. The molecular formula is C22H19F2N3O3. The largest absolute Gasteiger partial charge is 0.493 e. The summed E-state index contributed by atoms with van der Waals surface area (Å²) < 4.78 is 45.7. The topological polar surface area (TPSA) is 67.6 Å². The SMILES string of the molecule is COc1ccc(N(C)C)cc1Oc1nc(Oc2cccc(C#N)c2)c(F)c(C)c1F. The second-order valence-corrected chi connectivity index (χ2v) is 6.55. The molecule has 0 radical (unpaired) electrons. The molecule has 0 amide bonds. The Kier molecular flexibility index (Phi) is 6.02. The van der Waals surface area contributed by atoms with Crippen molar-refractivity contribution < 1.29 is 23.0 Å². The molecule has 30 heavy (non-hydrogen) atoms. The molecule has 0 bridgehead atoms. The van der Waals surface area contributed by atoms with E-state index in [9.17, 15) is 8.78 Å². The molecule has 0 aliphatic rings. The minimum absolute atomic E-state index is 0.185. The van der Waals surface area contributed by atoms with Gasteiger partial charge >= 0.3 is 0 Å². The lowest BCUT2D eigenvalue weighted by molar-refractivity contribution is 0.349. The Morgan fingerprint density at radius 2 is 1.67 bits per heavy atom. The molecular weight excluding hydrogens is 392 g/mol. The number of halogens is 2. The normalized spacial score (nSPS) is 10.3. The van der Waals surface area contributed by atoms with Crippen LogP contribution in [-0.4, -0.2) is 26.2 Å². The molecule has 0 aliphatic heterocycles. The first-order valence-electron chi connectivity index (χ1n) is 8.91. The van der Waals surface area contributed by atoms with E-state index in [2.05, 4.69) is 4.98 Å². The molecule has 154 valence electrons. The number of nitriles is 1. The predicted octanol–water partition coefficient (Wildman–Crippen LogP) is 5.20. The number of hydrogen-bond donors (Lipinski definition) is 0. The first kappa shape index (κ1) is 20.9. The maximum atomic E-state index is 14.7. The molecule has 0 saturated heterocycles. The number of rotatable bonds is 6. The van der Waals surface area contributed by atoms with Crippen LogP contribution in [0.3, 0.4) is 0 Å². The van der Waals surface area contributed by atoms with Gasteiger partial charge in [-0.2, -0.15) is 10.2 Å². The molecule has 0 spiro atoms. The monoisotopic (exact) mass is 411 g/mol. The third kappa shape index (κ3) is 4.25. The summed E-state index contributed by atoms with van der Waals surface area (Å²) in [5, 5.41) is 9.00. The molecule has 3 aromatic rings. The van der Waals surface area contributed by atoms with Gasteiger partial charge < -0.3 is 19.1 Å². The van der Waals surface area contributed by atoms with Gasteiger partial charge in [0.1, 0.15) is 5.75 Å². The van der Waals surface area contributed by atoms with Crippen molar-refractivity contribution in [2.24, 2.45) is 0 Å². The van der Waals surface area contributed by atoms with Crippen LogP contribution >= 0.6 is 0 Å². The van der Waals surface area contributed by atoms with Gasteiger partial charge in [0.15, 0.2) is 23.1 Å². The maximum absolute atomic E-state index is 14.7. The fourth-order valence-electron chi connectivity index (χ4n) is 2.61. The molecule has 1 aromatic heterocycles. The summed E-state index contributed by atoms with van der Waals surface area (Å²) in [4.78, 5) is 5.72. The Morgan fingerprint density at radius 1 is 0.967 bits per heavy atom.